The first-order chi connectivity index (χ1) is 23.8. The van der Waals surface area contributed by atoms with Crippen LogP contribution in [0, 0.1) is 0 Å². The number of H-pyrrole nitrogens is 1. The maximum absolute atomic E-state index is 11.3. The van der Waals surface area contributed by atoms with Crippen molar-refractivity contribution in [3.05, 3.63) is 125 Å². The summed E-state index contributed by atoms with van der Waals surface area (Å²) < 4.78 is 2.30. The van der Waals surface area contributed by atoms with Crippen LogP contribution >= 0.6 is 0 Å². The van der Waals surface area contributed by atoms with Crippen molar-refractivity contribution in [1.82, 2.24) is 14.5 Å². The number of para-hydroxylation sites is 2. The highest BCUT2D eigenvalue weighted by atomic mass is 16.3. The number of phenolic OH excluding ortho intramolecular Hbond substituents is 1. The van der Waals surface area contributed by atoms with E-state index in [-0.39, 0.29) is 11.2 Å². The zero-order valence-electron chi connectivity index (χ0n) is 30.9. The molecule has 0 saturated carbocycles. The first-order valence-corrected chi connectivity index (χ1v) is 18.0. The molecule has 0 amide bonds. The molecule has 2 N–H and O–H groups in total. The summed E-state index contributed by atoms with van der Waals surface area (Å²) in [5, 5.41) is 12.4. The SMILES string of the molecule is CC(C)c1cc(C(C)C)c(-c2cc(-c3cc(C(C)(C)C)ccc3O)[nH]c2-c2ccc3c(n2)c2ccccc2n3-c2ccccc2)c(C(C)C)c1. The summed E-state index contributed by atoms with van der Waals surface area (Å²) in [6, 6.07) is 36.5. The Morgan fingerprint density at radius 2 is 1.32 bits per heavy atom. The van der Waals surface area contributed by atoms with Crippen LogP contribution in [-0.2, 0) is 5.41 Å². The van der Waals surface area contributed by atoms with Crippen LogP contribution in [0.25, 0.3) is 61.4 Å². The maximum atomic E-state index is 11.3. The van der Waals surface area contributed by atoms with Gasteiger partial charge in [-0.25, -0.2) is 4.98 Å². The van der Waals surface area contributed by atoms with Gasteiger partial charge >= 0.3 is 0 Å². The molecule has 50 heavy (non-hydrogen) atoms. The summed E-state index contributed by atoms with van der Waals surface area (Å²) in [5.74, 6) is 1.30. The fraction of sp³-hybridized carbons (Fsp3) is 0.283. The number of fused-ring (bicyclic) bond motifs is 3. The van der Waals surface area contributed by atoms with Gasteiger partial charge in [0.05, 0.1) is 33.6 Å². The van der Waals surface area contributed by atoms with Gasteiger partial charge in [0.15, 0.2) is 0 Å². The van der Waals surface area contributed by atoms with Crippen LogP contribution in [0.1, 0.15) is 102 Å². The lowest BCUT2D eigenvalue weighted by Crippen LogP contribution is -2.10. The van der Waals surface area contributed by atoms with E-state index >= 15 is 0 Å². The lowest BCUT2D eigenvalue weighted by Gasteiger charge is -2.23. The van der Waals surface area contributed by atoms with Crippen molar-refractivity contribution in [1.29, 1.82) is 0 Å². The Kier molecular flexibility index (Phi) is 8.46. The number of hydrogen-bond acceptors (Lipinski definition) is 2. The molecule has 4 aromatic carbocycles. The minimum absolute atomic E-state index is 0.0669. The van der Waals surface area contributed by atoms with E-state index in [2.05, 4.69) is 163 Å². The van der Waals surface area contributed by atoms with Gasteiger partial charge in [-0.05, 0) is 99.5 Å². The van der Waals surface area contributed by atoms with E-state index in [0.717, 1.165) is 55.8 Å². The molecule has 3 heterocycles. The molecule has 4 heteroatoms. The van der Waals surface area contributed by atoms with Gasteiger partial charge in [-0.1, -0.05) is 117 Å². The van der Waals surface area contributed by atoms with Gasteiger partial charge in [-0.15, -0.1) is 0 Å². The molecule has 0 saturated heterocycles. The van der Waals surface area contributed by atoms with Gasteiger partial charge in [0.1, 0.15) is 5.75 Å². The van der Waals surface area contributed by atoms with Gasteiger partial charge in [-0.3, -0.25) is 0 Å². The molecule has 0 aliphatic heterocycles. The van der Waals surface area contributed by atoms with Crippen LogP contribution in [0.3, 0.4) is 0 Å². The molecular weight excluding hydrogens is 611 g/mol. The van der Waals surface area contributed by atoms with E-state index in [4.69, 9.17) is 4.98 Å². The van der Waals surface area contributed by atoms with Gasteiger partial charge in [0.25, 0.3) is 0 Å². The molecule has 7 aromatic rings. The monoisotopic (exact) mass is 659 g/mol. The molecule has 0 aliphatic carbocycles. The maximum Gasteiger partial charge on any atom is 0.124 e. The van der Waals surface area contributed by atoms with Crippen molar-refractivity contribution in [2.24, 2.45) is 0 Å². The smallest absolute Gasteiger partial charge is 0.124 e. The fourth-order valence-electron chi connectivity index (χ4n) is 7.31. The van der Waals surface area contributed by atoms with Gasteiger partial charge in [-0.2, -0.15) is 0 Å². The number of aromatic nitrogens is 3. The third kappa shape index (κ3) is 5.81. The predicted octanol–water partition coefficient (Wildman–Crippen LogP) is 12.9. The second kappa shape index (κ2) is 12.7. The normalized spacial score (nSPS) is 12.3. The van der Waals surface area contributed by atoms with Gasteiger partial charge in [0, 0.05) is 22.2 Å². The Morgan fingerprint density at radius 3 is 1.96 bits per heavy atom. The molecular formula is C46H49N3O. The Balaban J connectivity index is 1.55. The first-order valence-electron chi connectivity index (χ1n) is 18.0. The second-order valence-corrected chi connectivity index (χ2v) is 15.7. The van der Waals surface area contributed by atoms with Crippen molar-refractivity contribution < 1.29 is 5.11 Å². The van der Waals surface area contributed by atoms with E-state index < -0.39 is 0 Å². The van der Waals surface area contributed by atoms with Crippen molar-refractivity contribution in [2.45, 2.75) is 85.5 Å². The standard InChI is InChI=1S/C46H49N3O/c1-27(2)30-23-34(28(3)4)43(35(24-30)29(5)6)37-26-39(36-25-31(46(7,8)9)19-22-42(36)50)48-44(37)38-20-21-41-45(47-38)33-17-13-14-18-40(33)49(41)32-15-11-10-12-16-32/h10-29,48,50H,1-9H3. The zero-order valence-corrected chi connectivity index (χ0v) is 30.9. The van der Waals surface area contributed by atoms with Crippen molar-refractivity contribution >= 4 is 21.9 Å². The average Bonchev–Trinajstić information content (AvgIpc) is 3.67. The third-order valence-corrected chi connectivity index (χ3v) is 10.2. The summed E-state index contributed by atoms with van der Waals surface area (Å²) in [4.78, 5) is 9.30. The van der Waals surface area contributed by atoms with Crippen molar-refractivity contribution in [2.75, 3.05) is 0 Å². The Bertz CT molecular complexity index is 2320. The Labute approximate surface area is 296 Å². The number of rotatable bonds is 7. The molecule has 0 aliphatic rings. The molecule has 0 spiro atoms. The minimum Gasteiger partial charge on any atom is -0.507 e. The summed E-state index contributed by atoms with van der Waals surface area (Å²) in [6.07, 6.45) is 0. The molecule has 4 nitrogen and oxygen atoms in total. The number of hydrogen-bond donors (Lipinski definition) is 2. The molecule has 254 valence electrons. The van der Waals surface area contributed by atoms with Crippen LogP contribution in [0.15, 0.2) is 103 Å². The molecule has 3 aromatic heterocycles. The van der Waals surface area contributed by atoms with E-state index in [1.165, 1.54) is 27.8 Å². The van der Waals surface area contributed by atoms with Crippen molar-refractivity contribution in [3.63, 3.8) is 0 Å². The first kappa shape index (κ1) is 33.4. The van der Waals surface area contributed by atoms with Crippen LogP contribution in [0.5, 0.6) is 5.75 Å². The predicted molar refractivity (Wildman–Crippen MR) is 212 cm³/mol. The highest BCUT2D eigenvalue weighted by Crippen LogP contribution is 2.46. The molecule has 0 unspecified atom stereocenters. The zero-order chi connectivity index (χ0) is 35.5. The molecule has 0 atom stereocenters. The van der Waals surface area contributed by atoms with E-state index in [0.29, 0.717) is 17.8 Å². The molecule has 0 fully saturated rings. The van der Waals surface area contributed by atoms with E-state index in [9.17, 15) is 5.11 Å². The molecule has 0 radical (unpaired) electrons. The van der Waals surface area contributed by atoms with Crippen molar-refractivity contribution in [3.8, 4) is 45.2 Å². The number of aromatic hydroxyl groups is 1. The number of phenols is 1. The number of nitrogens with one attached hydrogen (secondary N) is 1. The topological polar surface area (TPSA) is 53.8 Å². The molecule has 7 rings (SSSR count). The lowest BCUT2D eigenvalue weighted by atomic mass is 9.81. The number of pyridine rings is 1. The minimum atomic E-state index is -0.0669. The Morgan fingerprint density at radius 1 is 0.660 bits per heavy atom. The van der Waals surface area contributed by atoms with Crippen LogP contribution in [0.2, 0.25) is 0 Å². The number of aromatic amines is 1. The Hall–Kier alpha value is -5.09. The van der Waals surface area contributed by atoms with E-state index in [1.807, 2.05) is 12.1 Å². The quantitative estimate of drug-likeness (QED) is 0.179. The van der Waals surface area contributed by atoms with Crippen LogP contribution in [-0.4, -0.2) is 19.6 Å². The largest absolute Gasteiger partial charge is 0.507 e. The lowest BCUT2D eigenvalue weighted by molar-refractivity contribution is 0.476. The van der Waals surface area contributed by atoms with Crippen LogP contribution in [0.4, 0.5) is 0 Å². The number of benzene rings is 4. The van der Waals surface area contributed by atoms with Gasteiger partial charge < -0.3 is 14.7 Å². The highest BCUT2D eigenvalue weighted by molar-refractivity contribution is 6.08. The molecule has 0 bridgehead atoms. The second-order valence-electron chi connectivity index (χ2n) is 15.7. The van der Waals surface area contributed by atoms with Crippen LogP contribution < -0.4 is 0 Å². The number of nitrogens with zero attached hydrogens (tertiary/aromatic N) is 2. The fourth-order valence-corrected chi connectivity index (χ4v) is 7.31. The summed E-state index contributed by atoms with van der Waals surface area (Å²) in [5.41, 5.74) is 15.3. The average molecular weight is 660 g/mol. The summed E-state index contributed by atoms with van der Waals surface area (Å²) in [7, 11) is 0. The van der Waals surface area contributed by atoms with Gasteiger partial charge in [0.2, 0.25) is 0 Å². The van der Waals surface area contributed by atoms with E-state index in [1.54, 1.807) is 0 Å². The third-order valence-electron chi connectivity index (χ3n) is 10.2. The highest BCUT2D eigenvalue weighted by Gasteiger charge is 2.26. The summed E-state index contributed by atoms with van der Waals surface area (Å²) >= 11 is 0. The summed E-state index contributed by atoms with van der Waals surface area (Å²) in [6.45, 7) is 20.4.